The second kappa shape index (κ2) is 3.49. The van der Waals surface area contributed by atoms with Gasteiger partial charge in [-0.2, -0.15) is 0 Å². The summed E-state index contributed by atoms with van der Waals surface area (Å²) in [4.78, 5) is 11.1. The van der Waals surface area contributed by atoms with Crippen molar-refractivity contribution in [3.63, 3.8) is 0 Å². The number of hydrogen-bond acceptors (Lipinski definition) is 4. The van der Waals surface area contributed by atoms with E-state index in [9.17, 15) is 13.2 Å². The Kier molecular flexibility index (Phi) is 2.75. The first kappa shape index (κ1) is 10.2. The highest BCUT2D eigenvalue weighted by molar-refractivity contribution is 7.93. The normalized spacial score (nSPS) is 31.2. The summed E-state index contributed by atoms with van der Waals surface area (Å²) < 4.78 is 27.2. The number of rotatable bonds is 2. The van der Waals surface area contributed by atoms with E-state index in [0.717, 1.165) is 0 Å². The van der Waals surface area contributed by atoms with Crippen LogP contribution in [0.4, 0.5) is 0 Å². The van der Waals surface area contributed by atoms with Crippen LogP contribution in [-0.2, 0) is 19.4 Å². The SMILES string of the molecule is C=C[C@H]1CCS(=O)(=O)[C@@H]1C(=O)OC. The van der Waals surface area contributed by atoms with Crippen LogP contribution in [0.5, 0.6) is 0 Å². The smallest absolute Gasteiger partial charge is 0.324 e. The van der Waals surface area contributed by atoms with Gasteiger partial charge in [-0.3, -0.25) is 4.79 Å². The summed E-state index contributed by atoms with van der Waals surface area (Å²) in [5.41, 5.74) is 0. The van der Waals surface area contributed by atoms with Crippen LogP contribution in [-0.4, -0.2) is 32.5 Å². The first-order valence-corrected chi connectivity index (χ1v) is 5.66. The average molecular weight is 204 g/mol. The Morgan fingerprint density at radius 2 is 2.23 bits per heavy atom. The molecule has 0 saturated carbocycles. The standard InChI is InChI=1S/C8H12O4S/c1-3-6-4-5-13(10,11)7(6)8(9)12-2/h3,6-7H,1,4-5H2,2H3/t6-,7-/m0/s1. The molecule has 4 nitrogen and oxygen atoms in total. The Morgan fingerprint density at radius 3 is 2.69 bits per heavy atom. The number of allylic oxidation sites excluding steroid dienone is 1. The summed E-state index contributed by atoms with van der Waals surface area (Å²) in [6.45, 7) is 3.50. The van der Waals surface area contributed by atoms with Crippen LogP contribution in [0.25, 0.3) is 0 Å². The van der Waals surface area contributed by atoms with E-state index in [1.165, 1.54) is 13.2 Å². The minimum Gasteiger partial charge on any atom is -0.468 e. The largest absolute Gasteiger partial charge is 0.468 e. The highest BCUT2D eigenvalue weighted by atomic mass is 32.2. The third-order valence-electron chi connectivity index (χ3n) is 2.25. The maximum absolute atomic E-state index is 11.4. The van der Waals surface area contributed by atoms with Crippen LogP contribution in [0.15, 0.2) is 12.7 Å². The van der Waals surface area contributed by atoms with Crippen molar-refractivity contribution in [2.45, 2.75) is 11.7 Å². The molecule has 2 atom stereocenters. The maximum Gasteiger partial charge on any atom is 0.324 e. The van der Waals surface area contributed by atoms with Crippen LogP contribution < -0.4 is 0 Å². The van der Waals surface area contributed by atoms with Crippen molar-refractivity contribution >= 4 is 15.8 Å². The lowest BCUT2D eigenvalue weighted by atomic mass is 10.0. The number of carbonyl (C=O) groups excluding carboxylic acids is 1. The molecule has 1 aliphatic rings. The van der Waals surface area contributed by atoms with Crippen LogP contribution in [0.2, 0.25) is 0 Å². The first-order chi connectivity index (χ1) is 6.03. The zero-order chi connectivity index (χ0) is 10.1. The summed E-state index contributed by atoms with van der Waals surface area (Å²) in [7, 11) is -2.11. The third kappa shape index (κ3) is 1.75. The van der Waals surface area contributed by atoms with Gasteiger partial charge in [0, 0.05) is 5.92 Å². The molecule has 1 rings (SSSR count). The van der Waals surface area contributed by atoms with E-state index in [1.807, 2.05) is 0 Å². The van der Waals surface area contributed by atoms with Gasteiger partial charge in [-0.05, 0) is 6.42 Å². The lowest BCUT2D eigenvalue weighted by Gasteiger charge is -2.11. The molecule has 1 heterocycles. The van der Waals surface area contributed by atoms with Crippen molar-refractivity contribution in [2.75, 3.05) is 12.9 Å². The molecular formula is C8H12O4S. The molecular weight excluding hydrogens is 192 g/mol. The fourth-order valence-electron chi connectivity index (χ4n) is 1.52. The van der Waals surface area contributed by atoms with Crippen LogP contribution in [0, 0.1) is 5.92 Å². The zero-order valence-corrected chi connectivity index (χ0v) is 8.21. The minimum atomic E-state index is -3.31. The van der Waals surface area contributed by atoms with Crippen LogP contribution in [0.1, 0.15) is 6.42 Å². The van der Waals surface area contributed by atoms with E-state index in [4.69, 9.17) is 0 Å². The van der Waals surface area contributed by atoms with Gasteiger partial charge in [-0.25, -0.2) is 8.42 Å². The molecule has 0 amide bonds. The van der Waals surface area contributed by atoms with Gasteiger partial charge >= 0.3 is 5.97 Å². The number of sulfone groups is 1. The van der Waals surface area contributed by atoms with Crippen molar-refractivity contribution in [2.24, 2.45) is 5.92 Å². The van der Waals surface area contributed by atoms with Crippen LogP contribution in [0.3, 0.4) is 0 Å². The molecule has 1 fully saturated rings. The molecule has 1 aliphatic heterocycles. The Labute approximate surface area is 77.5 Å². The molecule has 0 radical (unpaired) electrons. The number of hydrogen-bond donors (Lipinski definition) is 0. The van der Waals surface area contributed by atoms with Gasteiger partial charge in [0.1, 0.15) is 0 Å². The predicted molar refractivity (Wildman–Crippen MR) is 47.9 cm³/mol. The van der Waals surface area contributed by atoms with E-state index < -0.39 is 21.1 Å². The van der Waals surface area contributed by atoms with Gasteiger partial charge in [-0.1, -0.05) is 6.08 Å². The van der Waals surface area contributed by atoms with Gasteiger partial charge in [0.2, 0.25) is 0 Å². The summed E-state index contributed by atoms with van der Waals surface area (Å²) in [6.07, 6.45) is 1.97. The maximum atomic E-state index is 11.4. The van der Waals surface area contributed by atoms with E-state index in [2.05, 4.69) is 11.3 Å². The van der Waals surface area contributed by atoms with E-state index in [-0.39, 0.29) is 11.7 Å². The summed E-state index contributed by atoms with van der Waals surface area (Å²) in [6, 6.07) is 0. The lowest BCUT2D eigenvalue weighted by Crippen LogP contribution is -2.31. The Balaban J connectivity index is 3.00. The Morgan fingerprint density at radius 1 is 1.62 bits per heavy atom. The van der Waals surface area contributed by atoms with E-state index in [0.29, 0.717) is 6.42 Å². The first-order valence-electron chi connectivity index (χ1n) is 3.95. The Bertz CT molecular complexity index is 317. The monoisotopic (exact) mass is 204 g/mol. The van der Waals surface area contributed by atoms with E-state index in [1.54, 1.807) is 0 Å². The molecule has 0 N–H and O–H groups in total. The molecule has 0 aromatic rings. The second-order valence-corrected chi connectivity index (χ2v) is 5.24. The number of carbonyl (C=O) groups is 1. The molecule has 0 aromatic carbocycles. The zero-order valence-electron chi connectivity index (χ0n) is 7.39. The third-order valence-corrected chi connectivity index (χ3v) is 4.37. The van der Waals surface area contributed by atoms with E-state index >= 15 is 0 Å². The van der Waals surface area contributed by atoms with Crippen molar-refractivity contribution in [1.29, 1.82) is 0 Å². The van der Waals surface area contributed by atoms with Crippen molar-refractivity contribution in [3.8, 4) is 0 Å². The number of esters is 1. The summed E-state index contributed by atoms with van der Waals surface area (Å²) in [5.74, 6) is -0.927. The second-order valence-electron chi connectivity index (χ2n) is 3.00. The average Bonchev–Trinajstić information content (AvgIpc) is 2.39. The van der Waals surface area contributed by atoms with Crippen molar-refractivity contribution < 1.29 is 17.9 Å². The van der Waals surface area contributed by atoms with Gasteiger partial charge in [0.25, 0.3) is 0 Å². The molecule has 1 saturated heterocycles. The van der Waals surface area contributed by atoms with Gasteiger partial charge in [0.05, 0.1) is 12.9 Å². The summed E-state index contributed by atoms with van der Waals surface area (Å²) in [5, 5.41) is -1.03. The lowest BCUT2D eigenvalue weighted by molar-refractivity contribution is -0.140. The Hall–Kier alpha value is -0.840. The van der Waals surface area contributed by atoms with Crippen molar-refractivity contribution in [3.05, 3.63) is 12.7 Å². The fourth-order valence-corrected chi connectivity index (χ4v) is 3.55. The van der Waals surface area contributed by atoms with Gasteiger partial charge in [0.15, 0.2) is 15.1 Å². The molecule has 0 aliphatic carbocycles. The molecule has 5 heteroatoms. The molecule has 0 bridgehead atoms. The quantitative estimate of drug-likeness (QED) is 0.474. The van der Waals surface area contributed by atoms with Crippen molar-refractivity contribution in [1.82, 2.24) is 0 Å². The fraction of sp³-hybridized carbons (Fsp3) is 0.625. The van der Waals surface area contributed by atoms with Crippen LogP contribution >= 0.6 is 0 Å². The molecule has 0 aromatic heterocycles. The topological polar surface area (TPSA) is 60.4 Å². The predicted octanol–water partition coefficient (Wildman–Crippen LogP) is 0.149. The molecule has 0 spiro atoms. The number of ether oxygens (including phenoxy) is 1. The molecule has 74 valence electrons. The molecule has 0 unspecified atom stereocenters. The van der Waals surface area contributed by atoms with Gasteiger partial charge < -0.3 is 4.74 Å². The summed E-state index contributed by atoms with van der Waals surface area (Å²) >= 11 is 0. The minimum absolute atomic E-state index is 0.0451. The number of methoxy groups -OCH3 is 1. The highest BCUT2D eigenvalue weighted by Gasteiger charge is 2.44. The van der Waals surface area contributed by atoms with Gasteiger partial charge in [-0.15, -0.1) is 6.58 Å². The molecule has 13 heavy (non-hydrogen) atoms. The highest BCUT2D eigenvalue weighted by Crippen LogP contribution is 2.28.